The van der Waals surface area contributed by atoms with E-state index in [0.717, 1.165) is 6.42 Å². The van der Waals surface area contributed by atoms with Gasteiger partial charge in [-0.2, -0.15) is 5.10 Å². The molecule has 3 rings (SSSR count). The molecule has 25 heavy (non-hydrogen) atoms. The molecule has 0 spiro atoms. The lowest BCUT2D eigenvalue weighted by atomic mass is 10.2. The Balaban J connectivity index is 1.82. The molecular formula is C17H22N4O3S. The van der Waals surface area contributed by atoms with E-state index in [-0.39, 0.29) is 17.7 Å². The molecule has 1 atom stereocenters. The Morgan fingerprint density at radius 1 is 1.36 bits per heavy atom. The Kier molecular flexibility index (Phi) is 4.80. The maximum Gasteiger partial charge on any atom is 0.256 e. The van der Waals surface area contributed by atoms with Gasteiger partial charge in [-0.3, -0.25) is 9.10 Å². The molecule has 1 N–H and O–H groups in total. The van der Waals surface area contributed by atoms with E-state index in [0.29, 0.717) is 30.0 Å². The number of hydrogen-bond acceptors (Lipinski definition) is 4. The van der Waals surface area contributed by atoms with Crippen LogP contribution in [0.1, 0.15) is 43.1 Å². The number of hydrogen-bond donors (Lipinski definition) is 1. The lowest BCUT2D eigenvalue weighted by Crippen LogP contribution is -2.25. The molecule has 2 aromatic rings. The number of carbonyl (C=O) groups is 1. The molecule has 0 aliphatic carbocycles. The lowest BCUT2D eigenvalue weighted by molar-refractivity contribution is 0.102. The zero-order valence-corrected chi connectivity index (χ0v) is 15.2. The maximum absolute atomic E-state index is 12.6. The van der Waals surface area contributed by atoms with Crippen molar-refractivity contribution in [2.45, 2.75) is 32.7 Å². The minimum Gasteiger partial charge on any atom is -0.307 e. The van der Waals surface area contributed by atoms with Crippen LogP contribution < -0.4 is 9.62 Å². The smallest absolute Gasteiger partial charge is 0.256 e. The summed E-state index contributed by atoms with van der Waals surface area (Å²) in [4.78, 5) is 12.6. The number of anilines is 2. The highest BCUT2D eigenvalue weighted by molar-refractivity contribution is 7.93. The molecule has 1 saturated heterocycles. The number of aromatic nitrogens is 2. The standard InChI is InChI=1S/C17H22N4O3S/c1-3-13(2)21-16(8-9-18-21)19-17(22)14-6-4-7-15(12-14)20-10-5-11-25(20,23)24/h4,6-9,12-13H,3,5,10-11H2,1-2H3,(H,19,22). The van der Waals surface area contributed by atoms with E-state index >= 15 is 0 Å². The van der Waals surface area contributed by atoms with Crippen molar-refractivity contribution in [1.82, 2.24) is 9.78 Å². The molecule has 8 heteroatoms. The topological polar surface area (TPSA) is 84.3 Å². The van der Waals surface area contributed by atoms with Gasteiger partial charge < -0.3 is 5.32 Å². The van der Waals surface area contributed by atoms with Crippen LogP contribution in [-0.2, 0) is 10.0 Å². The third-order valence-corrected chi connectivity index (χ3v) is 6.29. The van der Waals surface area contributed by atoms with Crippen LogP contribution in [0.2, 0.25) is 0 Å². The fourth-order valence-corrected chi connectivity index (χ4v) is 4.41. The summed E-state index contributed by atoms with van der Waals surface area (Å²) in [6.45, 7) is 4.54. The highest BCUT2D eigenvalue weighted by Gasteiger charge is 2.28. The number of benzene rings is 1. The first kappa shape index (κ1) is 17.5. The summed E-state index contributed by atoms with van der Waals surface area (Å²) in [6.07, 6.45) is 3.15. The van der Waals surface area contributed by atoms with Crippen molar-refractivity contribution in [3.05, 3.63) is 42.1 Å². The zero-order chi connectivity index (χ0) is 18.0. The van der Waals surface area contributed by atoms with E-state index in [4.69, 9.17) is 0 Å². The fraction of sp³-hybridized carbons (Fsp3) is 0.412. The van der Waals surface area contributed by atoms with Gasteiger partial charge in [-0.1, -0.05) is 13.0 Å². The molecule has 1 aliphatic rings. The third kappa shape index (κ3) is 3.53. The quantitative estimate of drug-likeness (QED) is 0.886. The van der Waals surface area contributed by atoms with Crippen LogP contribution in [0.15, 0.2) is 36.5 Å². The van der Waals surface area contributed by atoms with Crippen LogP contribution >= 0.6 is 0 Å². The largest absolute Gasteiger partial charge is 0.307 e. The summed E-state index contributed by atoms with van der Waals surface area (Å²) in [6, 6.07) is 8.62. The van der Waals surface area contributed by atoms with E-state index in [1.807, 2.05) is 6.92 Å². The van der Waals surface area contributed by atoms with Gasteiger partial charge >= 0.3 is 0 Å². The summed E-state index contributed by atoms with van der Waals surface area (Å²) >= 11 is 0. The van der Waals surface area contributed by atoms with Crippen molar-refractivity contribution in [1.29, 1.82) is 0 Å². The third-order valence-electron chi connectivity index (χ3n) is 4.42. The monoisotopic (exact) mass is 362 g/mol. The highest BCUT2D eigenvalue weighted by Crippen LogP contribution is 2.25. The minimum atomic E-state index is -3.27. The zero-order valence-electron chi connectivity index (χ0n) is 14.3. The van der Waals surface area contributed by atoms with Crippen molar-refractivity contribution in [3.63, 3.8) is 0 Å². The minimum absolute atomic E-state index is 0.150. The second-order valence-corrected chi connectivity index (χ2v) is 8.18. The first-order chi connectivity index (χ1) is 11.9. The summed E-state index contributed by atoms with van der Waals surface area (Å²) in [7, 11) is -3.27. The average molecular weight is 362 g/mol. The first-order valence-electron chi connectivity index (χ1n) is 8.37. The van der Waals surface area contributed by atoms with E-state index in [2.05, 4.69) is 17.3 Å². The number of nitrogens with one attached hydrogen (secondary N) is 1. The summed E-state index contributed by atoms with van der Waals surface area (Å²) in [5.74, 6) is 0.486. The van der Waals surface area contributed by atoms with Gasteiger partial charge in [0, 0.05) is 18.2 Å². The Morgan fingerprint density at radius 2 is 2.16 bits per heavy atom. The van der Waals surface area contributed by atoms with Crippen molar-refractivity contribution >= 4 is 27.4 Å². The molecule has 1 fully saturated rings. The Hall–Kier alpha value is -2.35. The Bertz CT molecular complexity index is 876. The van der Waals surface area contributed by atoms with E-state index < -0.39 is 10.0 Å². The van der Waals surface area contributed by atoms with Crippen molar-refractivity contribution in [2.24, 2.45) is 0 Å². The molecule has 0 saturated carbocycles. The normalized spacial score (nSPS) is 17.4. The summed E-state index contributed by atoms with van der Waals surface area (Å²) < 4.78 is 27.3. The molecule has 134 valence electrons. The van der Waals surface area contributed by atoms with Crippen LogP contribution in [0.4, 0.5) is 11.5 Å². The number of sulfonamides is 1. The van der Waals surface area contributed by atoms with Gasteiger partial charge in [0.2, 0.25) is 10.0 Å². The van der Waals surface area contributed by atoms with Crippen LogP contribution in [0, 0.1) is 0 Å². The average Bonchev–Trinajstić information content (AvgIpc) is 3.20. The SMILES string of the molecule is CCC(C)n1nccc1NC(=O)c1cccc(N2CCCS2(=O)=O)c1. The molecule has 1 aliphatic heterocycles. The van der Waals surface area contributed by atoms with Gasteiger partial charge in [0.05, 0.1) is 23.7 Å². The second kappa shape index (κ2) is 6.87. The lowest BCUT2D eigenvalue weighted by Gasteiger charge is -2.18. The number of nitrogens with zero attached hydrogens (tertiary/aromatic N) is 3. The Labute approximate surface area is 147 Å². The summed E-state index contributed by atoms with van der Waals surface area (Å²) in [5.41, 5.74) is 0.942. The van der Waals surface area contributed by atoms with Crippen LogP contribution in [0.3, 0.4) is 0 Å². The number of amides is 1. The number of rotatable bonds is 5. The van der Waals surface area contributed by atoms with Crippen LogP contribution in [0.5, 0.6) is 0 Å². The fourth-order valence-electron chi connectivity index (χ4n) is 2.86. The van der Waals surface area contributed by atoms with Crippen molar-refractivity contribution in [2.75, 3.05) is 21.9 Å². The predicted molar refractivity (Wildman–Crippen MR) is 97.4 cm³/mol. The maximum atomic E-state index is 12.6. The molecule has 1 aromatic carbocycles. The van der Waals surface area contributed by atoms with Crippen molar-refractivity contribution in [3.8, 4) is 0 Å². The van der Waals surface area contributed by atoms with E-state index in [1.54, 1.807) is 41.2 Å². The highest BCUT2D eigenvalue weighted by atomic mass is 32.2. The second-order valence-electron chi connectivity index (χ2n) is 6.16. The first-order valence-corrected chi connectivity index (χ1v) is 9.98. The molecular weight excluding hydrogens is 340 g/mol. The van der Waals surface area contributed by atoms with Crippen molar-refractivity contribution < 1.29 is 13.2 Å². The molecule has 1 aromatic heterocycles. The van der Waals surface area contributed by atoms with Gasteiger partial charge in [-0.15, -0.1) is 0 Å². The van der Waals surface area contributed by atoms with E-state index in [1.165, 1.54) is 4.31 Å². The molecule has 1 unspecified atom stereocenters. The van der Waals surface area contributed by atoms with Crippen LogP contribution in [-0.4, -0.2) is 36.4 Å². The number of carbonyl (C=O) groups excluding carboxylic acids is 1. The molecule has 2 heterocycles. The predicted octanol–water partition coefficient (Wildman–Crippen LogP) is 2.65. The van der Waals surface area contributed by atoms with Gasteiger partial charge in [0.15, 0.2) is 0 Å². The molecule has 7 nitrogen and oxygen atoms in total. The van der Waals surface area contributed by atoms with Gasteiger partial charge in [-0.25, -0.2) is 13.1 Å². The van der Waals surface area contributed by atoms with Gasteiger partial charge in [0.25, 0.3) is 5.91 Å². The molecule has 1 amide bonds. The Morgan fingerprint density at radius 3 is 2.84 bits per heavy atom. The van der Waals surface area contributed by atoms with Gasteiger partial charge in [-0.05, 0) is 38.0 Å². The van der Waals surface area contributed by atoms with Crippen LogP contribution in [0.25, 0.3) is 0 Å². The van der Waals surface area contributed by atoms with E-state index in [9.17, 15) is 13.2 Å². The molecule has 0 bridgehead atoms. The van der Waals surface area contributed by atoms with Gasteiger partial charge in [0.1, 0.15) is 5.82 Å². The molecule has 0 radical (unpaired) electrons. The summed E-state index contributed by atoms with van der Waals surface area (Å²) in [5, 5.41) is 7.10.